The quantitative estimate of drug-likeness (QED) is 0.600. The van der Waals surface area contributed by atoms with Crippen molar-refractivity contribution in [2.45, 2.75) is 36.0 Å². The van der Waals surface area contributed by atoms with Gasteiger partial charge in [0.25, 0.3) is 0 Å². The van der Waals surface area contributed by atoms with E-state index in [0.717, 1.165) is 14.0 Å². The van der Waals surface area contributed by atoms with Crippen molar-refractivity contribution in [1.29, 1.82) is 0 Å². The van der Waals surface area contributed by atoms with Crippen LogP contribution in [0.15, 0.2) is 11.1 Å². The van der Waals surface area contributed by atoms with Crippen LogP contribution in [0, 0.1) is 5.92 Å². The van der Waals surface area contributed by atoms with Crippen molar-refractivity contribution in [3.05, 3.63) is 11.8 Å². The summed E-state index contributed by atoms with van der Waals surface area (Å²) in [4.78, 5) is 0. The first-order valence-corrected chi connectivity index (χ1v) is 8.65. The first-order chi connectivity index (χ1) is 10.4. The van der Waals surface area contributed by atoms with Gasteiger partial charge in [0, 0.05) is 32.1 Å². The molecule has 0 amide bonds. The third-order valence-electron chi connectivity index (χ3n) is 4.10. The number of halogens is 5. The minimum absolute atomic E-state index is 0.194. The Kier molecular flexibility index (Phi) is 4.73. The average Bonchev–Trinajstić information content (AvgIpc) is 2.81. The lowest BCUT2D eigenvalue weighted by Crippen LogP contribution is -2.44. The van der Waals surface area contributed by atoms with E-state index in [4.69, 9.17) is 11.8 Å². The predicted octanol–water partition coefficient (Wildman–Crippen LogP) is 2.76. The van der Waals surface area contributed by atoms with Gasteiger partial charge in [-0.1, -0.05) is 0 Å². The van der Waals surface area contributed by atoms with Crippen molar-refractivity contribution in [2.75, 3.05) is 13.1 Å². The number of aromatic nitrogens is 2. The molecule has 1 saturated heterocycles. The normalized spacial score (nSPS) is 21.3. The van der Waals surface area contributed by atoms with Gasteiger partial charge in [-0.25, -0.2) is 17.2 Å². The van der Waals surface area contributed by atoms with Crippen molar-refractivity contribution in [3.63, 3.8) is 0 Å². The average molecular weight is 378 g/mol. The van der Waals surface area contributed by atoms with E-state index in [1.54, 1.807) is 0 Å². The van der Waals surface area contributed by atoms with Crippen LogP contribution >= 0.6 is 11.8 Å². The third kappa shape index (κ3) is 3.34. The number of alkyl halides is 4. The summed E-state index contributed by atoms with van der Waals surface area (Å²) >= 11 is 5.76. The molecule has 1 atom stereocenters. The topological polar surface area (TPSA) is 55.2 Å². The van der Waals surface area contributed by atoms with Crippen molar-refractivity contribution in [1.82, 2.24) is 14.2 Å². The third-order valence-corrected chi connectivity index (χ3v) is 6.75. The molecule has 11 heteroatoms. The summed E-state index contributed by atoms with van der Waals surface area (Å²) in [6, 6.07) is 0.365. The molecule has 5 nitrogen and oxygen atoms in total. The first kappa shape index (κ1) is 18.5. The molecular weight excluding hydrogens is 362 g/mol. The van der Waals surface area contributed by atoms with E-state index in [2.05, 4.69) is 5.10 Å². The number of sulfone groups is 1. The van der Waals surface area contributed by atoms with Gasteiger partial charge in [0.05, 0.1) is 0 Å². The zero-order valence-electron chi connectivity index (χ0n) is 12.4. The molecule has 0 unspecified atom stereocenters. The van der Waals surface area contributed by atoms with E-state index >= 15 is 4.39 Å². The number of aryl methyl sites for hydroxylation is 1. The van der Waals surface area contributed by atoms with E-state index in [-0.39, 0.29) is 12.8 Å². The van der Waals surface area contributed by atoms with E-state index in [9.17, 15) is 21.6 Å². The fourth-order valence-electron chi connectivity index (χ4n) is 2.63. The van der Waals surface area contributed by atoms with Crippen LogP contribution in [0.3, 0.4) is 0 Å². The molecule has 132 valence electrons. The van der Waals surface area contributed by atoms with Crippen molar-refractivity contribution in [3.8, 4) is 0 Å². The van der Waals surface area contributed by atoms with Gasteiger partial charge in [-0.3, -0.25) is 4.68 Å². The van der Waals surface area contributed by atoms with Crippen molar-refractivity contribution in [2.24, 2.45) is 13.0 Å². The van der Waals surface area contributed by atoms with Crippen LogP contribution in [0.1, 0.15) is 25.5 Å². The van der Waals surface area contributed by atoms with Crippen LogP contribution in [0.5, 0.6) is 0 Å². The van der Waals surface area contributed by atoms with Gasteiger partial charge in [0.2, 0.25) is 14.8 Å². The van der Waals surface area contributed by atoms with Gasteiger partial charge in [-0.15, -0.1) is 0 Å². The standard InChI is InChI=1S/C12H16ClF4N3O2S/c1-11(14,8-3-5-20(13)6-4-8)23(21,22)10-7-9(12(15,16)17)18-19(10)2/h7-8H,3-6H2,1-2H3/t11-/m1/s1. The molecular formula is C12H16ClF4N3O2S. The maximum Gasteiger partial charge on any atom is 0.435 e. The summed E-state index contributed by atoms with van der Waals surface area (Å²) in [6.45, 7) is 1.50. The molecule has 1 aromatic heterocycles. The van der Waals surface area contributed by atoms with Gasteiger partial charge < -0.3 is 0 Å². The Labute approximate surface area is 136 Å². The zero-order valence-corrected chi connectivity index (χ0v) is 14.0. The molecule has 0 bridgehead atoms. The van der Waals surface area contributed by atoms with Crippen molar-refractivity contribution >= 4 is 21.6 Å². The molecule has 23 heavy (non-hydrogen) atoms. The molecule has 0 saturated carbocycles. The van der Waals surface area contributed by atoms with Gasteiger partial charge in [-0.05, 0) is 31.5 Å². The fourth-order valence-corrected chi connectivity index (χ4v) is 4.56. The fraction of sp³-hybridized carbons (Fsp3) is 0.750. The lowest BCUT2D eigenvalue weighted by atomic mass is 9.93. The Morgan fingerprint density at radius 3 is 2.22 bits per heavy atom. The molecule has 0 spiro atoms. The molecule has 1 aliphatic heterocycles. The predicted molar refractivity (Wildman–Crippen MR) is 75.1 cm³/mol. The highest BCUT2D eigenvalue weighted by Gasteiger charge is 2.50. The molecule has 2 heterocycles. The van der Waals surface area contributed by atoms with E-state index in [1.165, 1.54) is 4.42 Å². The highest BCUT2D eigenvalue weighted by molar-refractivity contribution is 7.92. The maximum absolute atomic E-state index is 15.1. The zero-order chi connectivity index (χ0) is 17.6. The van der Waals surface area contributed by atoms with Gasteiger partial charge in [-0.2, -0.15) is 18.3 Å². The Morgan fingerprint density at radius 1 is 1.26 bits per heavy atom. The molecule has 0 radical (unpaired) electrons. The van der Waals surface area contributed by atoms with Crippen LogP contribution in [0.2, 0.25) is 0 Å². The van der Waals surface area contributed by atoms with E-state index in [1.807, 2.05) is 0 Å². The summed E-state index contributed by atoms with van der Waals surface area (Å²) in [7, 11) is -3.61. The Morgan fingerprint density at radius 2 is 1.78 bits per heavy atom. The molecule has 0 aromatic carbocycles. The monoisotopic (exact) mass is 377 g/mol. The number of rotatable bonds is 3. The molecule has 2 rings (SSSR count). The van der Waals surface area contributed by atoms with Gasteiger partial charge in [0.1, 0.15) is 0 Å². The Balaban J connectivity index is 2.39. The summed E-state index contributed by atoms with van der Waals surface area (Å²) in [5.74, 6) is -0.855. The SMILES string of the molecule is Cn1nc(C(F)(F)F)cc1S(=O)(=O)[C@@](C)(F)C1CCN(Cl)CC1. The van der Waals surface area contributed by atoms with Crippen LogP contribution < -0.4 is 0 Å². The van der Waals surface area contributed by atoms with Gasteiger partial charge in [0.15, 0.2) is 10.7 Å². The van der Waals surface area contributed by atoms with E-state index < -0.39 is 37.7 Å². The molecule has 0 N–H and O–H groups in total. The summed E-state index contributed by atoms with van der Waals surface area (Å²) < 4.78 is 80.2. The van der Waals surface area contributed by atoms with Crippen LogP contribution in [-0.2, 0) is 23.1 Å². The number of piperidine rings is 1. The maximum atomic E-state index is 15.1. The molecule has 0 aliphatic carbocycles. The van der Waals surface area contributed by atoms with Crippen LogP contribution in [0.25, 0.3) is 0 Å². The highest BCUT2D eigenvalue weighted by Crippen LogP contribution is 2.40. The minimum atomic E-state index is -4.80. The Bertz CT molecular complexity index is 679. The van der Waals surface area contributed by atoms with Crippen molar-refractivity contribution < 1.29 is 26.0 Å². The van der Waals surface area contributed by atoms with E-state index in [0.29, 0.717) is 23.8 Å². The lowest BCUT2D eigenvalue weighted by molar-refractivity contribution is -0.141. The number of hydrogen-bond donors (Lipinski definition) is 0. The number of hydrogen-bond acceptors (Lipinski definition) is 4. The first-order valence-electron chi connectivity index (χ1n) is 6.83. The molecule has 1 aromatic rings. The molecule has 1 fully saturated rings. The summed E-state index contributed by atoms with van der Waals surface area (Å²) in [5.41, 5.74) is -1.37. The highest BCUT2D eigenvalue weighted by atomic mass is 35.5. The smallest absolute Gasteiger partial charge is 0.257 e. The minimum Gasteiger partial charge on any atom is -0.257 e. The molecule has 1 aliphatic rings. The van der Waals surface area contributed by atoms with Gasteiger partial charge >= 0.3 is 6.18 Å². The van der Waals surface area contributed by atoms with Crippen LogP contribution in [-0.4, -0.2) is 40.7 Å². The second-order valence-electron chi connectivity index (χ2n) is 5.66. The number of nitrogens with zero attached hydrogens (tertiary/aromatic N) is 3. The largest absolute Gasteiger partial charge is 0.435 e. The Hall–Kier alpha value is -0.870. The van der Waals surface area contributed by atoms with Crippen LogP contribution in [0.4, 0.5) is 17.6 Å². The summed E-state index contributed by atoms with van der Waals surface area (Å²) in [6.07, 6.45) is -4.42. The summed E-state index contributed by atoms with van der Waals surface area (Å²) in [5, 5.41) is -0.360. The second kappa shape index (κ2) is 5.89. The lowest BCUT2D eigenvalue weighted by Gasteiger charge is -2.34. The second-order valence-corrected chi connectivity index (χ2v) is 8.36.